The summed E-state index contributed by atoms with van der Waals surface area (Å²) in [7, 11) is -4.37. The first-order chi connectivity index (χ1) is 21.0. The van der Waals surface area contributed by atoms with Crippen molar-refractivity contribution in [3.05, 3.63) is 130 Å². The number of aryl methyl sites for hydroxylation is 1. The van der Waals surface area contributed by atoms with Gasteiger partial charge in [0.15, 0.2) is 0 Å². The van der Waals surface area contributed by atoms with Crippen LogP contribution in [0, 0.1) is 12.7 Å². The van der Waals surface area contributed by atoms with Gasteiger partial charge in [-0.1, -0.05) is 89.4 Å². The first-order valence-electron chi connectivity index (χ1n) is 13.9. The number of sulfonamides is 1. The number of benzene rings is 4. The van der Waals surface area contributed by atoms with Crippen LogP contribution < -0.4 is 9.62 Å². The van der Waals surface area contributed by atoms with Crippen molar-refractivity contribution >= 4 is 50.7 Å². The van der Waals surface area contributed by atoms with E-state index in [1.165, 1.54) is 53.4 Å². The summed E-state index contributed by atoms with van der Waals surface area (Å²) >= 11 is 12.7. The van der Waals surface area contributed by atoms with Crippen LogP contribution in [0.4, 0.5) is 10.1 Å². The van der Waals surface area contributed by atoms with Crippen molar-refractivity contribution in [3.8, 4) is 0 Å². The van der Waals surface area contributed by atoms with Gasteiger partial charge in [0.25, 0.3) is 10.0 Å². The largest absolute Gasteiger partial charge is 0.355 e. The molecule has 4 aromatic rings. The van der Waals surface area contributed by atoms with Crippen molar-refractivity contribution < 1.29 is 22.4 Å². The van der Waals surface area contributed by atoms with Gasteiger partial charge in [0.1, 0.15) is 18.4 Å². The van der Waals surface area contributed by atoms with Gasteiger partial charge in [0, 0.05) is 30.1 Å². The zero-order chi connectivity index (χ0) is 31.9. The molecule has 0 aromatic heterocycles. The first kappa shape index (κ1) is 33.0. The molecule has 11 heteroatoms. The van der Waals surface area contributed by atoms with Gasteiger partial charge in [0.05, 0.1) is 15.6 Å². The summed E-state index contributed by atoms with van der Waals surface area (Å²) in [5, 5.41) is 3.01. The molecule has 0 heterocycles. The zero-order valence-electron chi connectivity index (χ0n) is 24.2. The molecule has 1 N–H and O–H groups in total. The number of amides is 2. The zero-order valence-corrected chi connectivity index (χ0v) is 26.5. The number of nitrogens with one attached hydrogen (secondary N) is 1. The summed E-state index contributed by atoms with van der Waals surface area (Å²) in [5.74, 6) is -1.77. The van der Waals surface area contributed by atoms with Crippen LogP contribution in [0.3, 0.4) is 0 Å². The maximum atomic E-state index is 14.9. The molecule has 0 bridgehead atoms. The molecule has 4 rings (SSSR count). The van der Waals surface area contributed by atoms with Gasteiger partial charge in [0.2, 0.25) is 11.8 Å². The number of likely N-dealkylation sites (N-methyl/N-ethyl adjacent to an activating group) is 1. The quantitative estimate of drug-likeness (QED) is 0.191. The standard InChI is InChI=1S/C33H32Cl2FN3O4S/c1-3-37-33(41)31(19-24-9-5-4-6-10-24)38(21-25-11-7-8-12-29(25)36)32(40)22-39(30-20-26(34)15-18-28(30)35)44(42,43)27-16-13-23(2)14-17-27/h4-18,20,31H,3,19,21-22H2,1-2H3,(H,37,41). The Balaban J connectivity index is 1.83. The Morgan fingerprint density at radius 2 is 1.57 bits per heavy atom. The van der Waals surface area contributed by atoms with E-state index >= 15 is 0 Å². The van der Waals surface area contributed by atoms with Gasteiger partial charge in [-0.15, -0.1) is 0 Å². The molecule has 0 saturated heterocycles. The average Bonchev–Trinajstić information content (AvgIpc) is 3.00. The molecule has 2 amide bonds. The topological polar surface area (TPSA) is 86.8 Å². The van der Waals surface area contributed by atoms with Crippen molar-refractivity contribution in [1.82, 2.24) is 10.2 Å². The van der Waals surface area contributed by atoms with Crippen LogP contribution >= 0.6 is 23.2 Å². The molecule has 0 fully saturated rings. The molecular formula is C33H32Cl2FN3O4S. The van der Waals surface area contributed by atoms with Crippen LogP contribution in [0.5, 0.6) is 0 Å². The van der Waals surface area contributed by atoms with Gasteiger partial charge in [-0.2, -0.15) is 0 Å². The average molecular weight is 657 g/mol. The molecule has 0 saturated carbocycles. The third kappa shape index (κ3) is 7.96. The molecule has 4 aromatic carbocycles. The summed E-state index contributed by atoms with van der Waals surface area (Å²) in [4.78, 5) is 29.0. The van der Waals surface area contributed by atoms with E-state index in [9.17, 15) is 22.4 Å². The Kier molecular flexibility index (Phi) is 11.0. The predicted molar refractivity (Wildman–Crippen MR) is 172 cm³/mol. The van der Waals surface area contributed by atoms with Crippen LogP contribution in [-0.4, -0.2) is 44.3 Å². The highest BCUT2D eigenvalue weighted by Gasteiger charge is 2.35. The van der Waals surface area contributed by atoms with E-state index in [1.807, 2.05) is 37.3 Å². The first-order valence-corrected chi connectivity index (χ1v) is 16.1. The number of halogens is 3. The normalized spacial score (nSPS) is 11.9. The van der Waals surface area contributed by atoms with Gasteiger partial charge in [-0.3, -0.25) is 13.9 Å². The molecule has 1 atom stereocenters. The molecule has 44 heavy (non-hydrogen) atoms. The van der Waals surface area contributed by atoms with Crippen LogP contribution in [0.25, 0.3) is 0 Å². The molecule has 0 aliphatic rings. The molecule has 0 aliphatic carbocycles. The second-order valence-corrected chi connectivity index (χ2v) is 12.8. The van der Waals surface area contributed by atoms with Crippen molar-refractivity contribution in [2.45, 2.75) is 37.8 Å². The van der Waals surface area contributed by atoms with Crippen molar-refractivity contribution in [2.75, 3.05) is 17.4 Å². The Bertz CT molecular complexity index is 1720. The van der Waals surface area contributed by atoms with E-state index in [0.29, 0.717) is 0 Å². The molecule has 230 valence electrons. The predicted octanol–water partition coefficient (Wildman–Crippen LogP) is 6.41. The lowest BCUT2D eigenvalue weighted by atomic mass is 10.0. The highest BCUT2D eigenvalue weighted by atomic mass is 35.5. The summed E-state index contributed by atoms with van der Waals surface area (Å²) in [6.45, 7) is 2.83. The summed E-state index contributed by atoms with van der Waals surface area (Å²) in [6.07, 6.45) is 0.107. The number of hydrogen-bond acceptors (Lipinski definition) is 4. The summed E-state index contributed by atoms with van der Waals surface area (Å²) in [6, 6.07) is 24.4. The fraction of sp³-hybridized carbons (Fsp3) is 0.212. The third-order valence-electron chi connectivity index (χ3n) is 6.99. The van der Waals surface area contributed by atoms with Gasteiger partial charge < -0.3 is 10.2 Å². The highest BCUT2D eigenvalue weighted by Crippen LogP contribution is 2.33. The van der Waals surface area contributed by atoms with E-state index in [1.54, 1.807) is 25.1 Å². The van der Waals surface area contributed by atoms with Gasteiger partial charge in [-0.25, -0.2) is 12.8 Å². The number of carbonyl (C=O) groups is 2. The minimum absolute atomic E-state index is 0.0171. The second kappa shape index (κ2) is 14.7. The third-order valence-corrected chi connectivity index (χ3v) is 9.31. The smallest absolute Gasteiger partial charge is 0.264 e. The molecule has 0 radical (unpaired) electrons. The lowest BCUT2D eigenvalue weighted by molar-refractivity contribution is -0.140. The Morgan fingerprint density at radius 1 is 0.909 bits per heavy atom. The summed E-state index contributed by atoms with van der Waals surface area (Å²) in [5.41, 5.74) is 1.75. The monoisotopic (exact) mass is 655 g/mol. The maximum Gasteiger partial charge on any atom is 0.264 e. The number of hydrogen-bond donors (Lipinski definition) is 1. The Morgan fingerprint density at radius 3 is 2.23 bits per heavy atom. The Labute approximate surface area is 267 Å². The van der Waals surface area contributed by atoms with Gasteiger partial charge in [-0.05, 0) is 55.8 Å². The molecular weight excluding hydrogens is 624 g/mol. The van der Waals surface area contributed by atoms with Crippen LogP contribution in [-0.2, 0) is 32.6 Å². The lowest BCUT2D eigenvalue weighted by Gasteiger charge is -2.34. The fourth-order valence-corrected chi connectivity index (χ4v) is 6.54. The SMILES string of the molecule is CCNC(=O)C(Cc1ccccc1)N(Cc1ccccc1F)C(=O)CN(c1cc(Cl)ccc1Cl)S(=O)(=O)c1ccc(C)cc1. The van der Waals surface area contributed by atoms with Crippen molar-refractivity contribution in [3.63, 3.8) is 0 Å². The van der Waals surface area contributed by atoms with Crippen LogP contribution in [0.1, 0.15) is 23.6 Å². The number of anilines is 1. The van der Waals surface area contributed by atoms with Crippen LogP contribution in [0.2, 0.25) is 10.0 Å². The van der Waals surface area contributed by atoms with E-state index in [0.717, 1.165) is 15.4 Å². The molecule has 7 nitrogen and oxygen atoms in total. The molecule has 1 unspecified atom stereocenters. The lowest BCUT2D eigenvalue weighted by Crippen LogP contribution is -2.53. The Hall–Kier alpha value is -3.92. The van der Waals surface area contributed by atoms with E-state index < -0.39 is 40.2 Å². The van der Waals surface area contributed by atoms with E-state index in [-0.39, 0.29) is 45.7 Å². The number of nitrogens with zero attached hydrogens (tertiary/aromatic N) is 2. The van der Waals surface area contributed by atoms with Crippen molar-refractivity contribution in [1.29, 1.82) is 0 Å². The van der Waals surface area contributed by atoms with Crippen molar-refractivity contribution in [2.24, 2.45) is 0 Å². The second-order valence-electron chi connectivity index (χ2n) is 10.1. The highest BCUT2D eigenvalue weighted by molar-refractivity contribution is 7.92. The number of carbonyl (C=O) groups excluding carboxylic acids is 2. The summed E-state index contributed by atoms with van der Waals surface area (Å²) < 4.78 is 44.0. The van der Waals surface area contributed by atoms with E-state index in [4.69, 9.17) is 23.2 Å². The fourth-order valence-electron chi connectivity index (χ4n) is 4.68. The molecule has 0 aliphatic heterocycles. The van der Waals surface area contributed by atoms with E-state index in [2.05, 4.69) is 5.32 Å². The minimum Gasteiger partial charge on any atom is -0.355 e. The number of rotatable bonds is 12. The van der Waals surface area contributed by atoms with Gasteiger partial charge >= 0.3 is 0 Å². The maximum absolute atomic E-state index is 14.9. The van der Waals surface area contributed by atoms with Crippen LogP contribution in [0.15, 0.2) is 102 Å². The molecule has 0 spiro atoms. The minimum atomic E-state index is -4.37.